The van der Waals surface area contributed by atoms with E-state index < -0.39 is 69.9 Å². The SMILES string of the molecule is C=C1C(=O)O[C@@H]2[C@@H]3C4(C=C[C@]3(C)C3(C4)C(=O)O[C@@H]4[C@H]5C(C)=CC(=O)C5=C(C)C[C@H](OC(=O)CC(C)C)[C@H]43)[C@](C)(O)CC[C@@H]12. The van der Waals surface area contributed by atoms with Crippen LogP contribution in [0.25, 0.3) is 0 Å². The van der Waals surface area contributed by atoms with Gasteiger partial charge in [-0.1, -0.05) is 50.6 Å². The van der Waals surface area contributed by atoms with Crippen molar-refractivity contribution in [3.05, 3.63) is 47.1 Å². The molecule has 11 atom stereocenters. The molecule has 0 aromatic heterocycles. The van der Waals surface area contributed by atoms with Gasteiger partial charge >= 0.3 is 17.9 Å². The van der Waals surface area contributed by atoms with Crippen molar-refractivity contribution in [1.82, 2.24) is 0 Å². The Labute approximate surface area is 252 Å². The predicted octanol–water partition coefficient (Wildman–Crippen LogP) is 4.56. The molecule has 4 fully saturated rings. The molecular formula is C35H42O8. The molecule has 0 aromatic rings. The van der Waals surface area contributed by atoms with Crippen molar-refractivity contribution in [3.8, 4) is 0 Å². The zero-order valence-corrected chi connectivity index (χ0v) is 25.9. The average Bonchev–Trinajstić information content (AvgIpc) is 3.57. The minimum atomic E-state index is -1.21. The molecule has 0 amide bonds. The molecule has 7 aliphatic rings. The van der Waals surface area contributed by atoms with Crippen LogP contribution in [0.3, 0.4) is 0 Å². The molecule has 0 radical (unpaired) electrons. The zero-order valence-electron chi connectivity index (χ0n) is 25.9. The quantitative estimate of drug-likeness (QED) is 0.220. The first kappa shape index (κ1) is 28.8. The monoisotopic (exact) mass is 590 g/mol. The van der Waals surface area contributed by atoms with E-state index in [2.05, 4.69) is 12.7 Å². The molecular weight excluding hydrogens is 548 g/mol. The summed E-state index contributed by atoms with van der Waals surface area (Å²) in [5, 5.41) is 12.3. The van der Waals surface area contributed by atoms with E-state index in [-0.39, 0.29) is 36.4 Å². The van der Waals surface area contributed by atoms with Crippen LogP contribution < -0.4 is 0 Å². The number of carbonyl (C=O) groups excluding carboxylic acids is 4. The number of ketones is 1. The smallest absolute Gasteiger partial charge is 0.334 e. The molecule has 5 aliphatic carbocycles. The Bertz CT molecular complexity index is 1480. The third-order valence-electron chi connectivity index (χ3n) is 12.6. The largest absolute Gasteiger partial charge is 0.462 e. The Hall–Kier alpha value is -3.00. The summed E-state index contributed by atoms with van der Waals surface area (Å²) < 4.78 is 18.8. The van der Waals surface area contributed by atoms with E-state index in [9.17, 15) is 24.3 Å². The summed E-state index contributed by atoms with van der Waals surface area (Å²) >= 11 is 0. The Kier molecular flexibility index (Phi) is 5.88. The molecule has 7 rings (SSSR count). The number of carbonyl (C=O) groups is 4. The van der Waals surface area contributed by atoms with Gasteiger partial charge in [-0.25, -0.2) is 4.79 Å². The minimum absolute atomic E-state index is 0.0840. The van der Waals surface area contributed by atoms with E-state index in [1.807, 2.05) is 47.6 Å². The molecule has 43 heavy (non-hydrogen) atoms. The summed E-state index contributed by atoms with van der Waals surface area (Å²) in [5.41, 5.74) is -1.47. The van der Waals surface area contributed by atoms with Crippen molar-refractivity contribution in [3.63, 3.8) is 0 Å². The van der Waals surface area contributed by atoms with Gasteiger partial charge in [0, 0.05) is 52.6 Å². The van der Waals surface area contributed by atoms with Crippen LogP contribution in [0.1, 0.15) is 73.6 Å². The highest BCUT2D eigenvalue weighted by Gasteiger charge is 2.84. The molecule has 2 saturated heterocycles. The predicted molar refractivity (Wildman–Crippen MR) is 155 cm³/mol. The van der Waals surface area contributed by atoms with Gasteiger partial charge < -0.3 is 19.3 Å². The van der Waals surface area contributed by atoms with Gasteiger partial charge in [0.1, 0.15) is 18.3 Å². The summed E-state index contributed by atoms with van der Waals surface area (Å²) in [6.45, 7) is 15.6. The number of hydrogen-bond acceptors (Lipinski definition) is 8. The lowest BCUT2D eigenvalue weighted by atomic mass is 9.54. The number of esters is 3. The lowest BCUT2D eigenvalue weighted by Gasteiger charge is -2.46. The third kappa shape index (κ3) is 3.36. The second kappa shape index (κ2) is 8.80. The summed E-state index contributed by atoms with van der Waals surface area (Å²) in [6.07, 6.45) is 5.52. The van der Waals surface area contributed by atoms with Crippen molar-refractivity contribution < 1.29 is 38.5 Å². The maximum Gasteiger partial charge on any atom is 0.334 e. The molecule has 8 heteroatoms. The van der Waals surface area contributed by atoms with Gasteiger partial charge in [-0.15, -0.1) is 0 Å². The number of aliphatic hydroxyl groups is 1. The second-order valence-corrected chi connectivity index (χ2v) is 15.2. The number of rotatable bonds is 3. The van der Waals surface area contributed by atoms with Crippen LogP contribution >= 0.6 is 0 Å². The van der Waals surface area contributed by atoms with E-state index >= 15 is 0 Å². The first-order chi connectivity index (χ1) is 20.1. The molecule has 1 spiro atoms. The molecule has 230 valence electrons. The maximum atomic E-state index is 14.7. The van der Waals surface area contributed by atoms with Crippen molar-refractivity contribution >= 4 is 23.7 Å². The zero-order chi connectivity index (χ0) is 31.0. The summed E-state index contributed by atoms with van der Waals surface area (Å²) in [5.74, 6) is -2.87. The summed E-state index contributed by atoms with van der Waals surface area (Å²) in [6, 6.07) is 0. The molecule has 2 bridgehead atoms. The van der Waals surface area contributed by atoms with E-state index in [4.69, 9.17) is 14.2 Å². The van der Waals surface area contributed by atoms with E-state index in [1.54, 1.807) is 6.08 Å². The van der Waals surface area contributed by atoms with Crippen molar-refractivity contribution in [2.75, 3.05) is 0 Å². The van der Waals surface area contributed by atoms with Crippen LogP contribution in [0.4, 0.5) is 0 Å². The number of ether oxygens (including phenoxy) is 3. The normalized spacial score (nSPS) is 47.6. The van der Waals surface area contributed by atoms with E-state index in [1.165, 1.54) is 0 Å². The van der Waals surface area contributed by atoms with Crippen LogP contribution in [-0.2, 0) is 33.4 Å². The van der Waals surface area contributed by atoms with Crippen LogP contribution in [0, 0.1) is 45.8 Å². The fourth-order valence-corrected chi connectivity index (χ4v) is 10.7. The topological polar surface area (TPSA) is 116 Å². The lowest BCUT2D eigenvalue weighted by molar-refractivity contribution is -0.162. The maximum absolute atomic E-state index is 14.7. The lowest BCUT2D eigenvalue weighted by Crippen LogP contribution is -2.53. The summed E-state index contributed by atoms with van der Waals surface area (Å²) in [7, 11) is 0. The molecule has 2 heterocycles. The Balaban J connectivity index is 1.42. The van der Waals surface area contributed by atoms with Gasteiger partial charge in [-0.05, 0) is 52.0 Å². The van der Waals surface area contributed by atoms with Gasteiger partial charge in [0.2, 0.25) is 0 Å². The number of allylic oxidation sites excluding steroid dienone is 2. The van der Waals surface area contributed by atoms with Gasteiger partial charge in [-0.3, -0.25) is 14.4 Å². The highest BCUT2D eigenvalue weighted by Crippen LogP contribution is 2.80. The molecule has 0 aromatic carbocycles. The number of fused-ring (bicyclic) bond motifs is 6. The van der Waals surface area contributed by atoms with E-state index in [0.29, 0.717) is 30.4 Å². The summed E-state index contributed by atoms with van der Waals surface area (Å²) in [4.78, 5) is 54.1. The van der Waals surface area contributed by atoms with Crippen LogP contribution in [0.5, 0.6) is 0 Å². The molecule has 2 saturated carbocycles. The van der Waals surface area contributed by atoms with Gasteiger partial charge in [0.05, 0.1) is 16.9 Å². The van der Waals surface area contributed by atoms with Gasteiger partial charge in [0.25, 0.3) is 0 Å². The van der Waals surface area contributed by atoms with Gasteiger partial charge in [0.15, 0.2) is 5.78 Å². The average molecular weight is 591 g/mol. The van der Waals surface area contributed by atoms with Gasteiger partial charge in [-0.2, -0.15) is 0 Å². The fraction of sp³-hybridized carbons (Fsp3) is 0.657. The first-order valence-electron chi connectivity index (χ1n) is 15.7. The van der Waals surface area contributed by atoms with E-state index in [0.717, 1.165) is 11.1 Å². The van der Waals surface area contributed by atoms with Crippen LogP contribution in [0.15, 0.2) is 47.1 Å². The number of hydrogen-bond donors (Lipinski definition) is 1. The second-order valence-electron chi connectivity index (χ2n) is 15.2. The highest BCUT2D eigenvalue weighted by molar-refractivity contribution is 6.09. The van der Waals surface area contributed by atoms with Crippen molar-refractivity contribution in [2.24, 2.45) is 45.8 Å². The fourth-order valence-electron chi connectivity index (χ4n) is 10.7. The third-order valence-corrected chi connectivity index (χ3v) is 12.6. The minimum Gasteiger partial charge on any atom is -0.462 e. The molecule has 1 N–H and O–H groups in total. The van der Waals surface area contributed by atoms with Crippen LogP contribution in [-0.4, -0.2) is 52.7 Å². The van der Waals surface area contributed by atoms with Crippen LogP contribution in [0.2, 0.25) is 0 Å². The Morgan fingerprint density at radius 3 is 2.56 bits per heavy atom. The Morgan fingerprint density at radius 2 is 1.86 bits per heavy atom. The molecule has 8 nitrogen and oxygen atoms in total. The molecule has 2 unspecified atom stereocenters. The highest BCUT2D eigenvalue weighted by atomic mass is 16.6. The molecule has 2 aliphatic heterocycles. The Morgan fingerprint density at radius 1 is 1.14 bits per heavy atom. The van der Waals surface area contributed by atoms with Crippen molar-refractivity contribution in [1.29, 1.82) is 0 Å². The first-order valence-corrected chi connectivity index (χ1v) is 15.7. The standard InChI is InChI=1S/C35H42O8/c1-16(2)12-23(37)41-22-14-18(4)24-21(36)13-17(3)25(24)28-26(22)35(31(39)43-28)15-34-11-10-32(35,6)29(34)27-20(8-9-33(34,7)40)19(5)30(38)42-27/h10-11,13,16,20,22,25-29,40H,5,8-9,12,14-15H2,1-4,6-7H3/t20-,22-,25-,26+,27-,28+,29-,32-,33+,34?,35?/m0/s1. The van der Waals surface area contributed by atoms with Crippen molar-refractivity contribution in [2.45, 2.75) is 97.6 Å².